The molecule has 1 unspecified atom stereocenters. The first kappa shape index (κ1) is 11.5. The molecule has 1 aromatic rings. The summed E-state index contributed by atoms with van der Waals surface area (Å²) in [6.45, 7) is 5.19. The van der Waals surface area contributed by atoms with Crippen LogP contribution in [0.1, 0.15) is 29.5 Å². The molecular formula is C14H22N2. The molecule has 1 aliphatic heterocycles. The molecule has 0 saturated heterocycles. The molecule has 0 saturated carbocycles. The van der Waals surface area contributed by atoms with Gasteiger partial charge in [0.15, 0.2) is 0 Å². The van der Waals surface area contributed by atoms with Gasteiger partial charge in [-0.2, -0.15) is 0 Å². The molecule has 2 nitrogen and oxygen atoms in total. The number of aryl methyl sites for hydroxylation is 2. The lowest BCUT2D eigenvalue weighted by Gasteiger charge is -2.37. The Kier molecular flexibility index (Phi) is 3.20. The van der Waals surface area contributed by atoms with Crippen molar-refractivity contribution >= 4 is 5.69 Å². The fourth-order valence-corrected chi connectivity index (χ4v) is 2.85. The molecule has 2 heteroatoms. The standard InChI is InChI=1S/C14H22N2/c1-10-8-11(2)13-5-4-12(6-7-15)16(3)14(13)9-10/h8-9,12H,4-7,15H2,1-3H3. The molecule has 2 rings (SSSR count). The van der Waals surface area contributed by atoms with Gasteiger partial charge in [0.25, 0.3) is 0 Å². The van der Waals surface area contributed by atoms with Gasteiger partial charge in [-0.05, 0) is 62.4 Å². The molecule has 0 aliphatic carbocycles. The second-order valence-electron chi connectivity index (χ2n) is 4.96. The van der Waals surface area contributed by atoms with Crippen LogP contribution in [0, 0.1) is 13.8 Å². The van der Waals surface area contributed by atoms with E-state index in [1.54, 1.807) is 0 Å². The average molecular weight is 218 g/mol. The van der Waals surface area contributed by atoms with Gasteiger partial charge < -0.3 is 10.6 Å². The molecule has 0 fully saturated rings. The quantitative estimate of drug-likeness (QED) is 0.826. The highest BCUT2D eigenvalue weighted by Gasteiger charge is 2.23. The first-order chi connectivity index (χ1) is 7.63. The van der Waals surface area contributed by atoms with Crippen molar-refractivity contribution in [2.45, 2.75) is 39.2 Å². The molecule has 2 N–H and O–H groups in total. The zero-order valence-corrected chi connectivity index (χ0v) is 10.6. The van der Waals surface area contributed by atoms with Crippen LogP contribution >= 0.6 is 0 Å². The zero-order chi connectivity index (χ0) is 11.7. The lowest BCUT2D eigenvalue weighted by Crippen LogP contribution is -2.37. The van der Waals surface area contributed by atoms with E-state index in [-0.39, 0.29) is 0 Å². The second kappa shape index (κ2) is 4.46. The highest BCUT2D eigenvalue weighted by molar-refractivity contribution is 5.60. The van der Waals surface area contributed by atoms with Gasteiger partial charge in [0.1, 0.15) is 0 Å². The van der Waals surface area contributed by atoms with Crippen LogP contribution in [0.5, 0.6) is 0 Å². The summed E-state index contributed by atoms with van der Waals surface area (Å²) in [5.74, 6) is 0. The summed E-state index contributed by atoms with van der Waals surface area (Å²) >= 11 is 0. The molecule has 1 aromatic carbocycles. The van der Waals surface area contributed by atoms with Crippen LogP contribution in [-0.2, 0) is 6.42 Å². The number of fused-ring (bicyclic) bond motifs is 1. The minimum atomic E-state index is 0.624. The van der Waals surface area contributed by atoms with Crippen LogP contribution in [0.2, 0.25) is 0 Å². The van der Waals surface area contributed by atoms with Crippen LogP contribution in [-0.4, -0.2) is 19.6 Å². The van der Waals surface area contributed by atoms with Gasteiger partial charge >= 0.3 is 0 Å². The van der Waals surface area contributed by atoms with Crippen molar-refractivity contribution in [1.82, 2.24) is 0 Å². The predicted octanol–water partition coefficient (Wildman–Crippen LogP) is 2.40. The monoisotopic (exact) mass is 218 g/mol. The molecule has 16 heavy (non-hydrogen) atoms. The fourth-order valence-electron chi connectivity index (χ4n) is 2.85. The maximum atomic E-state index is 5.67. The summed E-state index contributed by atoms with van der Waals surface area (Å²) in [6, 6.07) is 5.22. The third kappa shape index (κ3) is 1.94. The van der Waals surface area contributed by atoms with E-state index < -0.39 is 0 Å². The SMILES string of the molecule is Cc1cc(C)c2c(c1)N(C)C(CCN)CC2. The van der Waals surface area contributed by atoms with E-state index in [1.807, 2.05) is 0 Å². The summed E-state index contributed by atoms with van der Waals surface area (Å²) in [5.41, 5.74) is 11.4. The van der Waals surface area contributed by atoms with Gasteiger partial charge in [-0.15, -0.1) is 0 Å². The Morgan fingerprint density at radius 3 is 2.81 bits per heavy atom. The van der Waals surface area contributed by atoms with Crippen LogP contribution in [0.4, 0.5) is 5.69 Å². The molecule has 0 aromatic heterocycles. The number of hydrogen-bond donors (Lipinski definition) is 1. The van der Waals surface area contributed by atoms with Crippen molar-refractivity contribution in [2.75, 3.05) is 18.5 Å². The maximum Gasteiger partial charge on any atom is 0.0404 e. The highest BCUT2D eigenvalue weighted by atomic mass is 15.1. The van der Waals surface area contributed by atoms with Gasteiger partial charge in [-0.25, -0.2) is 0 Å². The molecule has 88 valence electrons. The van der Waals surface area contributed by atoms with Gasteiger partial charge in [0, 0.05) is 18.8 Å². The Morgan fingerprint density at radius 2 is 2.12 bits per heavy atom. The van der Waals surface area contributed by atoms with Crippen LogP contribution < -0.4 is 10.6 Å². The first-order valence-corrected chi connectivity index (χ1v) is 6.16. The number of nitrogens with zero attached hydrogens (tertiary/aromatic N) is 1. The van der Waals surface area contributed by atoms with E-state index >= 15 is 0 Å². The molecular weight excluding hydrogens is 196 g/mol. The lowest BCUT2D eigenvalue weighted by molar-refractivity contribution is 0.526. The maximum absolute atomic E-state index is 5.67. The van der Waals surface area contributed by atoms with Gasteiger partial charge in [-0.3, -0.25) is 0 Å². The number of benzene rings is 1. The third-order valence-electron chi connectivity index (χ3n) is 3.75. The van der Waals surface area contributed by atoms with Crippen molar-refractivity contribution in [3.05, 3.63) is 28.8 Å². The van der Waals surface area contributed by atoms with Crippen molar-refractivity contribution in [3.63, 3.8) is 0 Å². The minimum Gasteiger partial charge on any atom is -0.371 e. The molecule has 0 spiro atoms. The Labute approximate surface area is 98.4 Å². The fraction of sp³-hybridized carbons (Fsp3) is 0.571. The molecule has 0 bridgehead atoms. The van der Waals surface area contributed by atoms with Gasteiger partial charge in [-0.1, -0.05) is 6.07 Å². The predicted molar refractivity (Wildman–Crippen MR) is 70.1 cm³/mol. The van der Waals surface area contributed by atoms with Gasteiger partial charge in [0.05, 0.1) is 0 Å². The Balaban J connectivity index is 2.36. The second-order valence-corrected chi connectivity index (χ2v) is 4.96. The van der Waals surface area contributed by atoms with Crippen molar-refractivity contribution in [2.24, 2.45) is 5.73 Å². The summed E-state index contributed by atoms with van der Waals surface area (Å²) in [7, 11) is 2.21. The molecule has 1 atom stereocenters. The van der Waals surface area contributed by atoms with Crippen LogP contribution in [0.25, 0.3) is 0 Å². The van der Waals surface area contributed by atoms with E-state index in [4.69, 9.17) is 5.73 Å². The smallest absolute Gasteiger partial charge is 0.0404 e. The van der Waals surface area contributed by atoms with Gasteiger partial charge in [0.2, 0.25) is 0 Å². The topological polar surface area (TPSA) is 29.3 Å². The first-order valence-electron chi connectivity index (χ1n) is 6.16. The van der Waals surface area contributed by atoms with Crippen molar-refractivity contribution < 1.29 is 0 Å². The summed E-state index contributed by atoms with van der Waals surface area (Å²) in [5, 5.41) is 0. The van der Waals surface area contributed by atoms with Crippen molar-refractivity contribution in [3.8, 4) is 0 Å². The van der Waals surface area contributed by atoms with E-state index in [0.29, 0.717) is 6.04 Å². The minimum absolute atomic E-state index is 0.624. The zero-order valence-electron chi connectivity index (χ0n) is 10.6. The van der Waals surface area contributed by atoms with E-state index in [0.717, 1.165) is 13.0 Å². The molecule has 0 amide bonds. The van der Waals surface area contributed by atoms with Crippen molar-refractivity contribution in [1.29, 1.82) is 0 Å². The number of nitrogens with two attached hydrogens (primary N) is 1. The highest BCUT2D eigenvalue weighted by Crippen LogP contribution is 2.33. The number of hydrogen-bond acceptors (Lipinski definition) is 2. The number of anilines is 1. The Bertz CT molecular complexity index is 385. The molecule has 1 aliphatic rings. The Morgan fingerprint density at radius 1 is 1.38 bits per heavy atom. The van der Waals surface area contributed by atoms with E-state index in [9.17, 15) is 0 Å². The Hall–Kier alpha value is -1.02. The largest absolute Gasteiger partial charge is 0.371 e. The summed E-state index contributed by atoms with van der Waals surface area (Å²) < 4.78 is 0. The van der Waals surface area contributed by atoms with E-state index in [1.165, 1.54) is 35.2 Å². The normalized spacial score (nSPS) is 19.8. The average Bonchev–Trinajstić information content (AvgIpc) is 2.23. The van der Waals surface area contributed by atoms with Crippen LogP contribution in [0.3, 0.4) is 0 Å². The van der Waals surface area contributed by atoms with E-state index in [2.05, 4.69) is 37.9 Å². The van der Waals surface area contributed by atoms with Crippen LogP contribution in [0.15, 0.2) is 12.1 Å². The number of rotatable bonds is 2. The summed E-state index contributed by atoms with van der Waals surface area (Å²) in [6.07, 6.45) is 3.55. The molecule has 1 heterocycles. The lowest BCUT2D eigenvalue weighted by atomic mass is 9.90. The summed E-state index contributed by atoms with van der Waals surface area (Å²) in [4.78, 5) is 2.42. The molecule has 0 radical (unpaired) electrons. The third-order valence-corrected chi connectivity index (χ3v) is 3.75.